The van der Waals surface area contributed by atoms with Gasteiger partial charge in [0.1, 0.15) is 0 Å². The number of carbonyl (C=O) groups is 1. The summed E-state index contributed by atoms with van der Waals surface area (Å²) in [6.45, 7) is 15.2. The van der Waals surface area contributed by atoms with Crippen LogP contribution in [0.15, 0.2) is 4.99 Å². The fourth-order valence-corrected chi connectivity index (χ4v) is 4.77. The maximum absolute atomic E-state index is 12.6. The van der Waals surface area contributed by atoms with E-state index in [1.807, 2.05) is 7.05 Å². The van der Waals surface area contributed by atoms with E-state index in [-0.39, 0.29) is 5.92 Å². The van der Waals surface area contributed by atoms with Gasteiger partial charge in [-0.25, -0.2) is 0 Å². The number of aliphatic imine (C=N–C) groups is 1. The van der Waals surface area contributed by atoms with Crippen molar-refractivity contribution in [1.29, 1.82) is 0 Å². The number of hydrogen-bond donors (Lipinski definition) is 2. The molecule has 6 heteroatoms. The van der Waals surface area contributed by atoms with Crippen molar-refractivity contribution in [2.24, 2.45) is 22.7 Å². The van der Waals surface area contributed by atoms with Crippen LogP contribution in [0.4, 0.5) is 0 Å². The summed E-state index contributed by atoms with van der Waals surface area (Å²) in [6, 6.07) is 0.399. The van der Waals surface area contributed by atoms with Gasteiger partial charge < -0.3 is 20.4 Å². The lowest BCUT2D eigenvalue weighted by Gasteiger charge is -2.36. The van der Waals surface area contributed by atoms with Crippen molar-refractivity contribution in [2.75, 3.05) is 46.3 Å². The van der Waals surface area contributed by atoms with E-state index in [1.54, 1.807) is 0 Å². The van der Waals surface area contributed by atoms with E-state index < -0.39 is 0 Å². The van der Waals surface area contributed by atoms with Crippen LogP contribution in [0.25, 0.3) is 0 Å². The minimum Gasteiger partial charge on any atom is -0.356 e. The maximum atomic E-state index is 12.6. The Morgan fingerprint density at radius 2 is 1.79 bits per heavy atom. The molecule has 1 unspecified atom stereocenters. The van der Waals surface area contributed by atoms with Gasteiger partial charge in [-0.2, -0.15) is 0 Å². The zero-order chi connectivity index (χ0) is 21.2. The second-order valence-electron chi connectivity index (χ2n) is 9.37. The maximum Gasteiger partial charge on any atom is 0.225 e. The summed E-state index contributed by atoms with van der Waals surface area (Å²) >= 11 is 0. The summed E-state index contributed by atoms with van der Waals surface area (Å²) in [5, 5.41) is 7.16. The highest BCUT2D eigenvalue weighted by atomic mass is 16.2. The summed E-state index contributed by atoms with van der Waals surface area (Å²) in [7, 11) is 1.85. The van der Waals surface area contributed by atoms with Crippen molar-refractivity contribution < 1.29 is 4.79 Å². The molecule has 2 rings (SSSR count). The summed E-state index contributed by atoms with van der Waals surface area (Å²) < 4.78 is 0. The Kier molecular flexibility index (Phi) is 10.3. The monoisotopic (exact) mass is 407 g/mol. The molecular formula is C23H45N5O. The molecule has 168 valence electrons. The molecule has 0 aromatic carbocycles. The number of guanidine groups is 1. The number of piperidine rings is 2. The van der Waals surface area contributed by atoms with Crippen LogP contribution < -0.4 is 10.6 Å². The van der Waals surface area contributed by atoms with Crippen LogP contribution in [0.3, 0.4) is 0 Å². The van der Waals surface area contributed by atoms with Gasteiger partial charge in [-0.1, -0.05) is 27.7 Å². The third-order valence-electron chi connectivity index (χ3n) is 6.49. The van der Waals surface area contributed by atoms with Gasteiger partial charge in [0.05, 0.1) is 0 Å². The quantitative estimate of drug-likeness (QED) is 0.480. The Balaban J connectivity index is 1.72. The number of amides is 1. The Morgan fingerprint density at radius 1 is 1.10 bits per heavy atom. The van der Waals surface area contributed by atoms with Gasteiger partial charge in [-0.3, -0.25) is 9.79 Å². The summed E-state index contributed by atoms with van der Waals surface area (Å²) in [6.07, 6.45) is 6.49. The van der Waals surface area contributed by atoms with Crippen molar-refractivity contribution >= 4 is 11.9 Å². The van der Waals surface area contributed by atoms with E-state index in [1.165, 1.54) is 32.5 Å². The van der Waals surface area contributed by atoms with E-state index >= 15 is 0 Å². The van der Waals surface area contributed by atoms with E-state index in [9.17, 15) is 4.79 Å². The van der Waals surface area contributed by atoms with Gasteiger partial charge in [-0.05, 0) is 56.9 Å². The largest absolute Gasteiger partial charge is 0.356 e. The highest BCUT2D eigenvalue weighted by molar-refractivity contribution is 5.80. The van der Waals surface area contributed by atoms with Gasteiger partial charge in [0.15, 0.2) is 5.96 Å². The van der Waals surface area contributed by atoms with Crippen LogP contribution >= 0.6 is 0 Å². The number of nitrogens with one attached hydrogen (secondary N) is 2. The first-order valence-electron chi connectivity index (χ1n) is 11.9. The van der Waals surface area contributed by atoms with Crippen LogP contribution in [0, 0.1) is 17.8 Å². The summed E-state index contributed by atoms with van der Waals surface area (Å²) in [5.41, 5.74) is 0. The number of carbonyl (C=O) groups excluding carboxylic acids is 1. The molecule has 2 fully saturated rings. The molecule has 29 heavy (non-hydrogen) atoms. The van der Waals surface area contributed by atoms with Gasteiger partial charge in [0.25, 0.3) is 0 Å². The van der Waals surface area contributed by atoms with Gasteiger partial charge in [0.2, 0.25) is 5.91 Å². The fourth-order valence-electron chi connectivity index (χ4n) is 4.77. The zero-order valence-electron chi connectivity index (χ0n) is 19.5. The van der Waals surface area contributed by atoms with Crippen LogP contribution in [-0.4, -0.2) is 74.0 Å². The molecule has 0 aromatic rings. The molecular weight excluding hydrogens is 362 g/mol. The molecule has 2 N–H and O–H groups in total. The smallest absolute Gasteiger partial charge is 0.225 e. The van der Waals surface area contributed by atoms with Crippen LogP contribution in [0.5, 0.6) is 0 Å². The topological polar surface area (TPSA) is 60.0 Å². The molecule has 2 heterocycles. The SMILES string of the molecule is CCC(CC)C(=O)N1CCC(NC(=NC)NCC2CCCN(CC(C)C)C2)CC1. The lowest BCUT2D eigenvalue weighted by molar-refractivity contribution is -0.136. The minimum atomic E-state index is 0.194. The second-order valence-corrected chi connectivity index (χ2v) is 9.37. The Labute approximate surface area is 178 Å². The minimum absolute atomic E-state index is 0.194. The van der Waals surface area contributed by atoms with Crippen LogP contribution in [-0.2, 0) is 4.79 Å². The first kappa shape index (κ1) is 24.0. The van der Waals surface area contributed by atoms with E-state index in [0.29, 0.717) is 17.9 Å². The third kappa shape index (κ3) is 7.80. The second kappa shape index (κ2) is 12.4. The zero-order valence-corrected chi connectivity index (χ0v) is 19.5. The first-order chi connectivity index (χ1) is 14.0. The molecule has 0 aliphatic carbocycles. The van der Waals surface area contributed by atoms with Gasteiger partial charge in [0, 0.05) is 51.7 Å². The summed E-state index contributed by atoms with van der Waals surface area (Å²) in [4.78, 5) is 21.7. The molecule has 1 amide bonds. The molecule has 0 radical (unpaired) electrons. The van der Waals surface area contributed by atoms with Crippen molar-refractivity contribution in [3.8, 4) is 0 Å². The molecule has 2 aliphatic rings. The number of nitrogens with zero attached hydrogens (tertiary/aromatic N) is 3. The number of likely N-dealkylation sites (tertiary alicyclic amines) is 2. The normalized spacial score (nSPS) is 22.4. The molecule has 0 bridgehead atoms. The van der Waals surface area contributed by atoms with Crippen LogP contribution in [0.1, 0.15) is 66.2 Å². The molecule has 0 spiro atoms. The lowest BCUT2D eigenvalue weighted by Crippen LogP contribution is -2.51. The average molecular weight is 408 g/mol. The molecule has 0 aromatic heterocycles. The van der Waals surface area contributed by atoms with Crippen LogP contribution in [0.2, 0.25) is 0 Å². The Hall–Kier alpha value is -1.30. The van der Waals surface area contributed by atoms with Crippen molar-refractivity contribution in [3.63, 3.8) is 0 Å². The summed E-state index contributed by atoms with van der Waals surface area (Å²) in [5.74, 6) is 2.88. The number of hydrogen-bond acceptors (Lipinski definition) is 3. The fraction of sp³-hybridized carbons (Fsp3) is 0.913. The highest BCUT2D eigenvalue weighted by Crippen LogP contribution is 2.18. The molecule has 1 atom stereocenters. The predicted octanol–water partition coefficient (Wildman–Crippen LogP) is 2.95. The highest BCUT2D eigenvalue weighted by Gasteiger charge is 2.27. The average Bonchev–Trinajstić information content (AvgIpc) is 2.72. The molecule has 0 saturated carbocycles. The first-order valence-corrected chi connectivity index (χ1v) is 11.9. The molecule has 2 saturated heterocycles. The van der Waals surface area contributed by atoms with E-state index in [0.717, 1.165) is 57.2 Å². The van der Waals surface area contributed by atoms with Crippen molar-refractivity contribution in [1.82, 2.24) is 20.4 Å². The standard InChI is InChI=1S/C23H45N5O/c1-6-20(7-2)22(29)28-13-10-21(11-14-28)26-23(24-5)25-15-19-9-8-12-27(17-19)16-18(3)4/h18-21H,6-17H2,1-5H3,(H2,24,25,26). The van der Waals surface area contributed by atoms with Crippen molar-refractivity contribution in [3.05, 3.63) is 0 Å². The predicted molar refractivity (Wildman–Crippen MR) is 122 cm³/mol. The van der Waals surface area contributed by atoms with Gasteiger partial charge in [-0.15, -0.1) is 0 Å². The molecule has 6 nitrogen and oxygen atoms in total. The number of rotatable bonds is 8. The lowest BCUT2D eigenvalue weighted by atomic mass is 9.97. The van der Waals surface area contributed by atoms with E-state index in [4.69, 9.17) is 0 Å². The van der Waals surface area contributed by atoms with Crippen molar-refractivity contribution in [2.45, 2.75) is 72.3 Å². The third-order valence-corrected chi connectivity index (χ3v) is 6.49. The molecule has 2 aliphatic heterocycles. The Morgan fingerprint density at radius 3 is 2.38 bits per heavy atom. The van der Waals surface area contributed by atoms with Gasteiger partial charge >= 0.3 is 0 Å². The van der Waals surface area contributed by atoms with E-state index in [2.05, 4.69) is 53.1 Å². The Bertz CT molecular complexity index is 509.